The maximum atomic E-state index is 14.4. The minimum atomic E-state index is -0.617. The lowest BCUT2D eigenvalue weighted by atomic mass is 9.54. The zero-order chi connectivity index (χ0) is 22.5. The number of nitrogens with zero attached hydrogens (tertiary/aromatic N) is 3. The molecule has 6 rings (SSSR count). The van der Waals surface area contributed by atoms with Gasteiger partial charge in [0.15, 0.2) is 0 Å². The van der Waals surface area contributed by atoms with E-state index < -0.39 is 11.6 Å². The zero-order valence-corrected chi connectivity index (χ0v) is 18.7. The first-order valence-electron chi connectivity index (χ1n) is 11.8. The van der Waals surface area contributed by atoms with E-state index >= 15 is 0 Å². The predicted molar refractivity (Wildman–Crippen MR) is 118 cm³/mol. The molecule has 2 heterocycles. The van der Waals surface area contributed by atoms with Crippen molar-refractivity contribution in [2.45, 2.75) is 69.7 Å². The number of rotatable bonds is 3. The minimum absolute atomic E-state index is 0.00211. The number of aromatic nitrogens is 2. The first-order valence-corrected chi connectivity index (χ1v) is 11.8. The summed E-state index contributed by atoms with van der Waals surface area (Å²) in [6.07, 6.45) is 6.21. The minimum Gasteiger partial charge on any atom is -0.336 e. The van der Waals surface area contributed by atoms with E-state index in [4.69, 9.17) is 0 Å². The predicted octanol–water partition coefficient (Wildman–Crippen LogP) is 5.16. The Morgan fingerprint density at radius 2 is 1.88 bits per heavy atom. The van der Waals surface area contributed by atoms with Crippen molar-refractivity contribution in [2.75, 3.05) is 13.1 Å². The molecular formula is C25H30F2N4O. The average Bonchev–Trinajstić information content (AvgIpc) is 2.79. The maximum Gasteiger partial charge on any atom is 0.317 e. The number of fused-ring (bicyclic) bond motifs is 2. The highest BCUT2D eigenvalue weighted by Crippen LogP contribution is 2.57. The van der Waals surface area contributed by atoms with E-state index in [0.717, 1.165) is 56.3 Å². The third-order valence-corrected chi connectivity index (χ3v) is 7.73. The van der Waals surface area contributed by atoms with Gasteiger partial charge in [0.05, 0.1) is 17.0 Å². The van der Waals surface area contributed by atoms with Gasteiger partial charge in [0.25, 0.3) is 0 Å². The summed E-state index contributed by atoms with van der Waals surface area (Å²) < 4.78 is 28.8. The molecule has 0 unspecified atom stereocenters. The second-order valence-corrected chi connectivity index (χ2v) is 9.95. The van der Waals surface area contributed by atoms with Crippen LogP contribution >= 0.6 is 0 Å². The van der Waals surface area contributed by atoms with Gasteiger partial charge in [-0.15, -0.1) is 0 Å². The van der Waals surface area contributed by atoms with Crippen molar-refractivity contribution in [1.29, 1.82) is 0 Å². The Balaban J connectivity index is 1.49. The third kappa shape index (κ3) is 3.46. The number of nitrogens with one attached hydrogen (secondary N) is 1. The van der Waals surface area contributed by atoms with Crippen LogP contribution in [0, 0.1) is 17.6 Å². The van der Waals surface area contributed by atoms with Crippen molar-refractivity contribution in [3.8, 4) is 11.3 Å². The molecule has 1 saturated carbocycles. The molecule has 1 N–H and O–H groups in total. The van der Waals surface area contributed by atoms with Crippen LogP contribution in [0.3, 0.4) is 0 Å². The average molecular weight is 441 g/mol. The number of benzene rings is 1. The van der Waals surface area contributed by atoms with Gasteiger partial charge in [0, 0.05) is 24.5 Å². The van der Waals surface area contributed by atoms with Gasteiger partial charge in [-0.25, -0.2) is 13.6 Å². The van der Waals surface area contributed by atoms with Gasteiger partial charge in [-0.05, 0) is 88.0 Å². The molecule has 0 spiro atoms. The maximum absolute atomic E-state index is 14.4. The van der Waals surface area contributed by atoms with Crippen LogP contribution in [0.15, 0.2) is 24.3 Å². The molecule has 32 heavy (non-hydrogen) atoms. The van der Waals surface area contributed by atoms with E-state index in [2.05, 4.69) is 15.5 Å². The monoisotopic (exact) mass is 440 g/mol. The molecule has 4 aliphatic rings. The molecule has 2 fully saturated rings. The summed E-state index contributed by atoms with van der Waals surface area (Å²) in [6.45, 7) is 5.44. The smallest absolute Gasteiger partial charge is 0.317 e. The fraction of sp³-hybridized carbons (Fsp3) is 0.560. The van der Waals surface area contributed by atoms with Crippen molar-refractivity contribution in [3.05, 3.63) is 47.2 Å². The summed E-state index contributed by atoms with van der Waals surface area (Å²) in [4.78, 5) is 14.6. The molecule has 7 heteroatoms. The van der Waals surface area contributed by atoms with E-state index in [1.807, 2.05) is 24.8 Å². The van der Waals surface area contributed by atoms with E-state index in [1.54, 1.807) is 0 Å². The second kappa shape index (κ2) is 8.09. The van der Waals surface area contributed by atoms with Crippen LogP contribution in [-0.4, -0.2) is 40.3 Å². The first kappa shape index (κ1) is 21.3. The summed E-state index contributed by atoms with van der Waals surface area (Å²) in [5, 5.41) is 12.0. The number of hydrogen-bond acceptors (Lipinski definition) is 3. The molecule has 2 bridgehead atoms. The van der Waals surface area contributed by atoms with E-state index in [9.17, 15) is 13.6 Å². The van der Waals surface area contributed by atoms with Gasteiger partial charge in [-0.1, -0.05) is 6.07 Å². The first-order chi connectivity index (χ1) is 15.4. The fourth-order valence-electron chi connectivity index (χ4n) is 6.20. The summed E-state index contributed by atoms with van der Waals surface area (Å²) in [7, 11) is 0. The second-order valence-electron chi connectivity index (χ2n) is 9.95. The van der Waals surface area contributed by atoms with Crippen molar-refractivity contribution in [2.24, 2.45) is 5.92 Å². The van der Waals surface area contributed by atoms with Crippen LogP contribution in [0.25, 0.3) is 11.3 Å². The summed E-state index contributed by atoms with van der Waals surface area (Å²) in [5.74, 6) is -0.553. The lowest BCUT2D eigenvalue weighted by Gasteiger charge is -2.53. The molecule has 2 aromatic rings. The topological polar surface area (TPSA) is 58.1 Å². The van der Waals surface area contributed by atoms with Crippen LogP contribution < -0.4 is 5.32 Å². The van der Waals surface area contributed by atoms with Crippen molar-refractivity contribution >= 4 is 6.03 Å². The Morgan fingerprint density at radius 1 is 1.16 bits per heavy atom. The van der Waals surface area contributed by atoms with Gasteiger partial charge in [0.1, 0.15) is 11.6 Å². The molecule has 5 nitrogen and oxygen atoms in total. The van der Waals surface area contributed by atoms with Crippen LogP contribution in [0.2, 0.25) is 0 Å². The number of urea groups is 1. The number of halogens is 2. The Hall–Kier alpha value is -2.57. The van der Waals surface area contributed by atoms with Gasteiger partial charge >= 0.3 is 6.03 Å². The molecule has 1 aromatic heterocycles. The number of carbonyl (C=O) groups is 1. The Bertz CT molecular complexity index is 1010. The highest BCUT2D eigenvalue weighted by atomic mass is 19.1. The number of likely N-dealkylation sites (tertiary alicyclic amines) is 1. The van der Waals surface area contributed by atoms with Gasteiger partial charge in [-0.2, -0.15) is 10.2 Å². The molecule has 1 saturated heterocycles. The molecule has 0 radical (unpaired) electrons. The highest BCUT2D eigenvalue weighted by molar-refractivity contribution is 5.74. The molecular weight excluding hydrogens is 410 g/mol. The van der Waals surface area contributed by atoms with E-state index in [1.165, 1.54) is 18.2 Å². The summed E-state index contributed by atoms with van der Waals surface area (Å²) >= 11 is 0. The van der Waals surface area contributed by atoms with Crippen LogP contribution in [0.5, 0.6) is 0 Å². The van der Waals surface area contributed by atoms with Crippen LogP contribution in [0.4, 0.5) is 13.6 Å². The number of hydrogen-bond donors (Lipinski definition) is 1. The summed E-state index contributed by atoms with van der Waals surface area (Å²) in [6, 6.07) is 5.85. The lowest BCUT2D eigenvalue weighted by molar-refractivity contribution is 0.0804. The molecule has 3 aliphatic carbocycles. The van der Waals surface area contributed by atoms with Gasteiger partial charge in [-0.3, -0.25) is 0 Å². The highest BCUT2D eigenvalue weighted by Gasteiger charge is 2.52. The molecule has 170 valence electrons. The third-order valence-electron chi connectivity index (χ3n) is 7.73. The van der Waals surface area contributed by atoms with Crippen molar-refractivity contribution in [1.82, 2.24) is 20.4 Å². The lowest BCUT2D eigenvalue weighted by Crippen LogP contribution is -2.54. The number of carbonyl (C=O) groups excluding carboxylic acids is 1. The van der Waals surface area contributed by atoms with Crippen LogP contribution in [-0.2, 0) is 5.41 Å². The molecule has 2 amide bonds. The van der Waals surface area contributed by atoms with Gasteiger partial charge < -0.3 is 10.2 Å². The molecule has 1 aromatic carbocycles. The van der Waals surface area contributed by atoms with Crippen molar-refractivity contribution < 1.29 is 13.6 Å². The quantitative estimate of drug-likeness (QED) is 0.717. The van der Waals surface area contributed by atoms with E-state index in [-0.39, 0.29) is 28.7 Å². The standard InChI is InChI=1S/C25H30F2N4O/c1-15(2)28-24(32)31-12-4-5-17(14-31)25-10-8-16(9-11-25)18-13-21(29-30-23(18)25)22-19(26)6-3-7-20(22)27/h3,6-7,13,15-17H,4-5,8-12,14H2,1-2H3,(H,28,32)/t16-,17-,25+/m0/s1. The Labute approximate surface area is 187 Å². The van der Waals surface area contributed by atoms with Crippen LogP contribution in [0.1, 0.15) is 69.5 Å². The normalized spacial score (nSPS) is 26.8. The van der Waals surface area contributed by atoms with Crippen molar-refractivity contribution in [3.63, 3.8) is 0 Å². The zero-order valence-electron chi connectivity index (χ0n) is 18.7. The number of piperidine rings is 1. The largest absolute Gasteiger partial charge is 0.336 e. The number of amides is 2. The fourth-order valence-corrected chi connectivity index (χ4v) is 6.20. The van der Waals surface area contributed by atoms with Gasteiger partial charge in [0.2, 0.25) is 0 Å². The summed E-state index contributed by atoms with van der Waals surface area (Å²) in [5.41, 5.74) is 2.15. The Morgan fingerprint density at radius 3 is 2.56 bits per heavy atom. The molecule has 1 atom stereocenters. The SMILES string of the molecule is CC(C)NC(=O)N1CCC[C@H]([C@]23CC[C@H](CC2)c2cc(-c4c(F)cccc4F)nnc23)C1. The Kier molecular flexibility index (Phi) is 5.38. The molecule has 1 aliphatic heterocycles. The van der Waals surface area contributed by atoms with E-state index in [0.29, 0.717) is 18.4 Å².